The zero-order valence-electron chi connectivity index (χ0n) is 12.4. The first kappa shape index (κ1) is 14.5. The van der Waals surface area contributed by atoms with E-state index in [1.807, 2.05) is 55.5 Å². The van der Waals surface area contributed by atoms with Gasteiger partial charge < -0.3 is 4.74 Å². The summed E-state index contributed by atoms with van der Waals surface area (Å²) in [7, 11) is 0. The largest absolute Gasteiger partial charge is 0.481 e. The average Bonchev–Trinajstić information content (AvgIpc) is 2.89. The molecular formula is C17H16N2O2S. The van der Waals surface area contributed by atoms with Gasteiger partial charge in [0.15, 0.2) is 11.2 Å². The number of fused-ring (bicyclic) bond motifs is 1. The first-order valence-corrected chi connectivity index (χ1v) is 7.83. The van der Waals surface area contributed by atoms with Gasteiger partial charge in [0.1, 0.15) is 5.75 Å². The van der Waals surface area contributed by atoms with E-state index in [9.17, 15) is 4.79 Å². The smallest absolute Gasteiger partial charge is 0.266 e. The summed E-state index contributed by atoms with van der Waals surface area (Å²) in [4.78, 5) is 16.6. The molecule has 0 aliphatic carbocycles. The third-order valence-corrected chi connectivity index (χ3v) is 4.15. The molecule has 0 saturated carbocycles. The van der Waals surface area contributed by atoms with Gasteiger partial charge in [-0.05, 0) is 43.7 Å². The van der Waals surface area contributed by atoms with Crippen molar-refractivity contribution in [2.45, 2.75) is 20.0 Å². The Kier molecular flexibility index (Phi) is 4.06. The average molecular weight is 312 g/mol. The minimum atomic E-state index is -0.589. The number of aromatic nitrogens is 1. The molecule has 1 aromatic heterocycles. The number of rotatable bonds is 4. The standard InChI is InChI=1S/C17H16N2O2S/c1-11-6-5-7-13(10-11)21-12(2)16(20)19-17-18-14-8-3-4-9-15(14)22-17/h3-10,12H,1-2H3,(H,18,19,20)/t12-/m0/s1. The summed E-state index contributed by atoms with van der Waals surface area (Å²) >= 11 is 1.45. The highest BCUT2D eigenvalue weighted by Gasteiger charge is 2.16. The van der Waals surface area contributed by atoms with Crippen molar-refractivity contribution in [3.05, 3.63) is 54.1 Å². The predicted molar refractivity (Wildman–Crippen MR) is 89.5 cm³/mol. The van der Waals surface area contributed by atoms with E-state index in [4.69, 9.17) is 4.74 Å². The Morgan fingerprint density at radius 2 is 2.05 bits per heavy atom. The SMILES string of the molecule is Cc1cccc(O[C@@H](C)C(=O)Nc2nc3ccccc3s2)c1. The van der Waals surface area contributed by atoms with Crippen molar-refractivity contribution in [3.63, 3.8) is 0 Å². The molecule has 4 nitrogen and oxygen atoms in total. The highest BCUT2D eigenvalue weighted by atomic mass is 32.1. The van der Waals surface area contributed by atoms with Crippen molar-refractivity contribution in [3.8, 4) is 5.75 Å². The molecule has 112 valence electrons. The van der Waals surface area contributed by atoms with Gasteiger partial charge in [0.2, 0.25) is 0 Å². The fourth-order valence-corrected chi connectivity index (χ4v) is 2.95. The van der Waals surface area contributed by atoms with Crippen molar-refractivity contribution in [2.24, 2.45) is 0 Å². The lowest BCUT2D eigenvalue weighted by molar-refractivity contribution is -0.122. The molecule has 0 bridgehead atoms. The lowest BCUT2D eigenvalue weighted by Crippen LogP contribution is -2.30. The van der Waals surface area contributed by atoms with Gasteiger partial charge in [-0.1, -0.05) is 35.6 Å². The van der Waals surface area contributed by atoms with E-state index in [-0.39, 0.29) is 5.91 Å². The van der Waals surface area contributed by atoms with Crippen LogP contribution in [0.2, 0.25) is 0 Å². The van der Waals surface area contributed by atoms with Crippen LogP contribution in [0.15, 0.2) is 48.5 Å². The molecule has 22 heavy (non-hydrogen) atoms. The molecule has 5 heteroatoms. The molecule has 0 aliphatic heterocycles. The van der Waals surface area contributed by atoms with Crippen LogP contribution in [0, 0.1) is 6.92 Å². The minimum absolute atomic E-state index is 0.208. The number of para-hydroxylation sites is 1. The van der Waals surface area contributed by atoms with Crippen molar-refractivity contribution in [1.82, 2.24) is 4.98 Å². The van der Waals surface area contributed by atoms with Gasteiger partial charge in [-0.25, -0.2) is 4.98 Å². The van der Waals surface area contributed by atoms with Gasteiger partial charge in [-0.2, -0.15) is 0 Å². The van der Waals surface area contributed by atoms with Crippen LogP contribution in [-0.2, 0) is 4.79 Å². The second kappa shape index (κ2) is 6.15. The van der Waals surface area contributed by atoms with E-state index in [2.05, 4.69) is 10.3 Å². The van der Waals surface area contributed by atoms with Gasteiger partial charge in [0.05, 0.1) is 10.2 Å². The summed E-state index contributed by atoms with van der Waals surface area (Å²) in [5.41, 5.74) is 1.98. The summed E-state index contributed by atoms with van der Waals surface area (Å²) in [6.45, 7) is 3.71. The van der Waals surface area contributed by atoms with Gasteiger partial charge in [0, 0.05) is 0 Å². The van der Waals surface area contributed by atoms with Gasteiger partial charge >= 0.3 is 0 Å². The summed E-state index contributed by atoms with van der Waals surface area (Å²) < 4.78 is 6.71. The third kappa shape index (κ3) is 3.26. The first-order valence-electron chi connectivity index (χ1n) is 7.01. The Balaban J connectivity index is 1.68. The molecule has 3 rings (SSSR count). The minimum Gasteiger partial charge on any atom is -0.481 e. The molecule has 2 aromatic carbocycles. The van der Waals surface area contributed by atoms with Crippen LogP contribution in [0.4, 0.5) is 5.13 Å². The van der Waals surface area contributed by atoms with E-state index in [1.54, 1.807) is 6.92 Å². The Morgan fingerprint density at radius 1 is 1.23 bits per heavy atom. The lowest BCUT2D eigenvalue weighted by atomic mass is 10.2. The number of nitrogens with zero attached hydrogens (tertiary/aromatic N) is 1. The summed E-state index contributed by atoms with van der Waals surface area (Å²) in [6.07, 6.45) is -0.589. The van der Waals surface area contributed by atoms with Crippen molar-refractivity contribution < 1.29 is 9.53 Å². The molecule has 0 spiro atoms. The molecule has 1 atom stereocenters. The summed E-state index contributed by atoms with van der Waals surface area (Å²) in [5.74, 6) is 0.479. The number of anilines is 1. The van der Waals surface area contributed by atoms with Crippen molar-refractivity contribution >= 4 is 32.6 Å². The Hall–Kier alpha value is -2.40. The maximum atomic E-state index is 12.2. The number of nitrogens with one attached hydrogen (secondary N) is 1. The number of thiazole rings is 1. The molecule has 0 aliphatic rings. The maximum absolute atomic E-state index is 12.2. The molecule has 1 amide bonds. The van der Waals surface area contributed by atoms with Crippen molar-refractivity contribution in [1.29, 1.82) is 0 Å². The summed E-state index contributed by atoms with van der Waals surface area (Å²) in [6, 6.07) is 15.4. The Bertz CT molecular complexity index is 780. The van der Waals surface area contributed by atoms with Crippen LogP contribution in [0.5, 0.6) is 5.75 Å². The van der Waals surface area contributed by atoms with E-state index < -0.39 is 6.10 Å². The zero-order valence-corrected chi connectivity index (χ0v) is 13.2. The molecule has 0 saturated heterocycles. The summed E-state index contributed by atoms with van der Waals surface area (Å²) in [5, 5.41) is 3.40. The normalized spacial score (nSPS) is 12.1. The number of benzene rings is 2. The van der Waals surface area contributed by atoms with E-state index >= 15 is 0 Å². The zero-order chi connectivity index (χ0) is 15.5. The molecule has 3 aromatic rings. The number of carbonyl (C=O) groups excluding carboxylic acids is 1. The molecule has 1 heterocycles. The topological polar surface area (TPSA) is 51.2 Å². The number of aryl methyl sites for hydroxylation is 1. The van der Waals surface area contributed by atoms with Gasteiger partial charge in [0.25, 0.3) is 5.91 Å². The van der Waals surface area contributed by atoms with E-state index in [0.29, 0.717) is 10.9 Å². The van der Waals surface area contributed by atoms with E-state index in [0.717, 1.165) is 15.8 Å². The number of hydrogen-bond donors (Lipinski definition) is 1. The Labute approximate surface area is 132 Å². The van der Waals surface area contributed by atoms with Crippen LogP contribution in [0.3, 0.4) is 0 Å². The molecular weight excluding hydrogens is 296 g/mol. The molecule has 0 unspecified atom stereocenters. The fraction of sp³-hybridized carbons (Fsp3) is 0.176. The quantitative estimate of drug-likeness (QED) is 0.792. The van der Waals surface area contributed by atoms with Crippen LogP contribution in [-0.4, -0.2) is 17.0 Å². The fourth-order valence-electron chi connectivity index (χ4n) is 2.08. The van der Waals surface area contributed by atoms with Crippen molar-refractivity contribution in [2.75, 3.05) is 5.32 Å². The predicted octanol–water partition coefficient (Wildman–Crippen LogP) is 4.01. The van der Waals surface area contributed by atoms with E-state index in [1.165, 1.54) is 11.3 Å². The molecule has 0 fully saturated rings. The maximum Gasteiger partial charge on any atom is 0.266 e. The third-order valence-electron chi connectivity index (χ3n) is 3.20. The second-order valence-corrected chi connectivity index (χ2v) is 6.08. The second-order valence-electron chi connectivity index (χ2n) is 5.05. The molecule has 1 N–H and O–H groups in total. The van der Waals surface area contributed by atoms with Crippen LogP contribution in [0.1, 0.15) is 12.5 Å². The van der Waals surface area contributed by atoms with Gasteiger partial charge in [-0.3, -0.25) is 10.1 Å². The number of ether oxygens (including phenoxy) is 1. The first-order chi connectivity index (χ1) is 10.6. The number of amides is 1. The monoisotopic (exact) mass is 312 g/mol. The molecule has 0 radical (unpaired) electrons. The van der Waals surface area contributed by atoms with Crippen LogP contribution < -0.4 is 10.1 Å². The van der Waals surface area contributed by atoms with Crippen LogP contribution in [0.25, 0.3) is 10.2 Å². The highest BCUT2D eigenvalue weighted by molar-refractivity contribution is 7.22. The number of hydrogen-bond acceptors (Lipinski definition) is 4. The van der Waals surface area contributed by atoms with Crippen LogP contribution >= 0.6 is 11.3 Å². The lowest BCUT2D eigenvalue weighted by Gasteiger charge is -2.13. The van der Waals surface area contributed by atoms with Gasteiger partial charge in [-0.15, -0.1) is 0 Å². The number of carbonyl (C=O) groups is 1. The Morgan fingerprint density at radius 3 is 2.82 bits per heavy atom. The highest BCUT2D eigenvalue weighted by Crippen LogP contribution is 2.25.